The number of aryl methyl sites for hydroxylation is 3. The summed E-state index contributed by atoms with van der Waals surface area (Å²) >= 11 is 0. The van der Waals surface area contributed by atoms with Crippen molar-refractivity contribution in [2.24, 2.45) is 0 Å². The maximum atomic E-state index is 5.74. The molecular formula is C61H82O2. The van der Waals surface area contributed by atoms with Crippen LogP contribution in [0, 0.1) is 13.8 Å². The number of fused-ring (bicyclic) bond motifs is 6. The minimum absolute atomic E-state index is 0.0340. The van der Waals surface area contributed by atoms with Crippen LogP contribution in [-0.4, -0.2) is 26.4 Å². The van der Waals surface area contributed by atoms with E-state index in [1.165, 1.54) is 151 Å². The van der Waals surface area contributed by atoms with Crippen molar-refractivity contribution in [1.82, 2.24) is 0 Å². The molecule has 0 aromatic heterocycles. The molecule has 0 heterocycles. The lowest BCUT2D eigenvalue weighted by Crippen LogP contribution is -2.27. The highest BCUT2D eigenvalue weighted by molar-refractivity contribution is 5.91. The smallest absolute Gasteiger partial charge is 0.0498 e. The van der Waals surface area contributed by atoms with Crippen LogP contribution in [0.3, 0.4) is 0 Å². The Labute approximate surface area is 384 Å². The van der Waals surface area contributed by atoms with Crippen LogP contribution < -0.4 is 0 Å². The summed E-state index contributed by atoms with van der Waals surface area (Å²) in [5.74, 6) is 0. The molecule has 2 aliphatic rings. The third-order valence-corrected chi connectivity index (χ3v) is 14.4. The van der Waals surface area contributed by atoms with Gasteiger partial charge in [-0.25, -0.2) is 0 Å². The summed E-state index contributed by atoms with van der Waals surface area (Å²) in [5.41, 5.74) is 18.4. The third kappa shape index (κ3) is 11.5. The summed E-state index contributed by atoms with van der Waals surface area (Å²) in [4.78, 5) is 0. The summed E-state index contributed by atoms with van der Waals surface area (Å²) < 4.78 is 11.5. The normalized spacial score (nSPS) is 16.1. The van der Waals surface area contributed by atoms with E-state index in [9.17, 15) is 0 Å². The second-order valence-electron chi connectivity index (χ2n) is 18.9. The topological polar surface area (TPSA) is 18.5 Å². The van der Waals surface area contributed by atoms with Gasteiger partial charge in [0.05, 0.1) is 0 Å². The molecule has 1 atom stereocenters. The molecule has 1 unspecified atom stereocenters. The van der Waals surface area contributed by atoms with Gasteiger partial charge in [0.15, 0.2) is 0 Å². The summed E-state index contributed by atoms with van der Waals surface area (Å²) in [6, 6.07) is 29.9. The molecule has 0 aliphatic heterocycles. The van der Waals surface area contributed by atoms with E-state index < -0.39 is 0 Å². The quantitative estimate of drug-likeness (QED) is 0.0400. The van der Waals surface area contributed by atoms with Crippen LogP contribution in [0.1, 0.15) is 188 Å². The van der Waals surface area contributed by atoms with Gasteiger partial charge >= 0.3 is 0 Å². The number of benzene rings is 4. The van der Waals surface area contributed by atoms with Gasteiger partial charge in [0.25, 0.3) is 0 Å². The zero-order valence-corrected chi connectivity index (χ0v) is 40.5. The van der Waals surface area contributed by atoms with Gasteiger partial charge in [-0.05, 0) is 146 Å². The van der Waals surface area contributed by atoms with Crippen LogP contribution in [0.4, 0.5) is 0 Å². The van der Waals surface area contributed by atoms with Gasteiger partial charge < -0.3 is 9.47 Å². The Bertz CT molecular complexity index is 2100. The van der Waals surface area contributed by atoms with E-state index in [0.717, 1.165) is 58.5 Å². The maximum Gasteiger partial charge on any atom is 0.0498 e. The van der Waals surface area contributed by atoms with Gasteiger partial charge in [-0.2, -0.15) is 0 Å². The van der Waals surface area contributed by atoms with Gasteiger partial charge in [0, 0.05) is 37.3 Å². The van der Waals surface area contributed by atoms with Crippen molar-refractivity contribution < 1.29 is 9.47 Å². The van der Waals surface area contributed by atoms with Gasteiger partial charge in [-0.3, -0.25) is 0 Å². The zero-order chi connectivity index (χ0) is 44.5. The van der Waals surface area contributed by atoms with Crippen molar-refractivity contribution in [1.29, 1.82) is 0 Å². The molecule has 2 aliphatic carbocycles. The van der Waals surface area contributed by atoms with Crippen molar-refractivity contribution in [3.8, 4) is 22.3 Å². The lowest BCUT2D eigenvalue weighted by Gasteiger charge is -2.35. The highest BCUT2D eigenvalue weighted by atomic mass is 16.5. The molecule has 338 valence electrons. The van der Waals surface area contributed by atoms with E-state index in [-0.39, 0.29) is 10.8 Å². The molecule has 0 bridgehead atoms. The summed E-state index contributed by atoms with van der Waals surface area (Å²) in [6.45, 7) is 20.6. The molecule has 0 N–H and O–H groups in total. The number of ether oxygens (including phenoxy) is 2. The lowest BCUT2D eigenvalue weighted by atomic mass is 9.68. The first-order valence-electron chi connectivity index (χ1n) is 25.5. The molecule has 0 amide bonds. The first kappa shape index (κ1) is 48.5. The predicted octanol–water partition coefficient (Wildman–Crippen LogP) is 17.2. The molecule has 0 saturated carbocycles. The summed E-state index contributed by atoms with van der Waals surface area (Å²) in [5, 5.41) is 0. The Morgan fingerprint density at radius 1 is 0.556 bits per heavy atom. The van der Waals surface area contributed by atoms with Crippen molar-refractivity contribution in [3.63, 3.8) is 0 Å². The molecule has 4 aromatic rings. The van der Waals surface area contributed by atoms with E-state index in [4.69, 9.17) is 9.47 Å². The van der Waals surface area contributed by atoms with Crippen molar-refractivity contribution in [2.45, 2.75) is 174 Å². The fourth-order valence-electron chi connectivity index (χ4n) is 11.1. The van der Waals surface area contributed by atoms with Crippen LogP contribution in [0.2, 0.25) is 0 Å². The molecule has 63 heavy (non-hydrogen) atoms. The first-order valence-corrected chi connectivity index (χ1v) is 25.5. The second kappa shape index (κ2) is 24.3. The zero-order valence-electron chi connectivity index (χ0n) is 40.5. The number of rotatable bonds is 29. The second-order valence-corrected chi connectivity index (χ2v) is 18.9. The fraction of sp³-hybridized carbons (Fsp3) is 0.508. The van der Waals surface area contributed by atoms with Crippen molar-refractivity contribution in [2.75, 3.05) is 26.4 Å². The van der Waals surface area contributed by atoms with Crippen LogP contribution in [0.15, 0.2) is 109 Å². The number of hydrogen-bond acceptors (Lipinski definition) is 2. The van der Waals surface area contributed by atoms with E-state index in [0.29, 0.717) is 0 Å². The fourth-order valence-corrected chi connectivity index (χ4v) is 11.1. The standard InChI is InChI=1S/C61H82O2/c1-8-13-15-17-19-21-38-60(39-22-20-18-16-14-9-2)56-43-47(6)30-36-52(56)54-46-59-55(45-57(54)60)53-37-31-48(7)44-58(53)61(59,40-23-27-49(26-10-3)28-24-41-62-11-4)51-34-32-50(33-35-51)29-25-42-63-12-5/h10,23,26-27,30-37,43-46H,3,8-9,11-22,24-25,28-29,38-42H2,1-2,4-7H3. The van der Waals surface area contributed by atoms with Crippen LogP contribution in [0.5, 0.6) is 0 Å². The van der Waals surface area contributed by atoms with Gasteiger partial charge in [0.1, 0.15) is 0 Å². The average molecular weight is 847 g/mol. The van der Waals surface area contributed by atoms with Crippen LogP contribution in [0.25, 0.3) is 22.3 Å². The molecule has 0 fully saturated rings. The van der Waals surface area contributed by atoms with Crippen molar-refractivity contribution in [3.05, 3.63) is 154 Å². The molecule has 4 aromatic carbocycles. The Kier molecular flexibility index (Phi) is 18.7. The highest BCUT2D eigenvalue weighted by Gasteiger charge is 2.48. The number of hydrogen-bond donors (Lipinski definition) is 0. The van der Waals surface area contributed by atoms with Gasteiger partial charge in [-0.1, -0.05) is 194 Å². The minimum Gasteiger partial charge on any atom is -0.382 e. The predicted molar refractivity (Wildman–Crippen MR) is 272 cm³/mol. The van der Waals surface area contributed by atoms with E-state index in [1.807, 2.05) is 6.08 Å². The molecule has 2 heteroatoms. The summed E-state index contributed by atoms with van der Waals surface area (Å²) in [7, 11) is 0. The maximum absolute atomic E-state index is 5.74. The Morgan fingerprint density at radius 2 is 1.08 bits per heavy atom. The number of allylic oxidation sites excluding steroid dienone is 5. The molecule has 0 saturated heterocycles. The first-order chi connectivity index (χ1) is 30.9. The average Bonchev–Trinajstić information content (AvgIpc) is 3.70. The third-order valence-electron chi connectivity index (χ3n) is 14.4. The molecule has 0 spiro atoms. The largest absolute Gasteiger partial charge is 0.382 e. The monoisotopic (exact) mass is 847 g/mol. The SMILES string of the molecule is C=CC=C(C=CCC1(c2ccc(CCCOCC)cc2)c2cc(C)ccc2-c2cc3c(cc21)-c1ccc(C)cc1C3(CCCCCCCC)CCCCCCCC)CCCOCC. The van der Waals surface area contributed by atoms with Crippen molar-refractivity contribution >= 4 is 0 Å². The van der Waals surface area contributed by atoms with E-state index in [2.05, 4.69) is 139 Å². The highest BCUT2D eigenvalue weighted by Crippen LogP contribution is 2.61. The Balaban J connectivity index is 1.52. The molecule has 6 rings (SSSR count). The van der Waals surface area contributed by atoms with Crippen LogP contribution >= 0.6 is 0 Å². The minimum atomic E-state index is -0.342. The molecule has 0 radical (unpaired) electrons. The van der Waals surface area contributed by atoms with Gasteiger partial charge in [-0.15, -0.1) is 0 Å². The lowest BCUT2D eigenvalue weighted by molar-refractivity contribution is 0.145. The molecular weight excluding hydrogens is 765 g/mol. The van der Waals surface area contributed by atoms with Gasteiger partial charge in [0.2, 0.25) is 0 Å². The Hall–Kier alpha value is -3.98. The Morgan fingerprint density at radius 3 is 1.70 bits per heavy atom. The molecule has 2 nitrogen and oxygen atoms in total. The summed E-state index contributed by atoms with van der Waals surface area (Å²) in [6.07, 6.45) is 32.3. The van der Waals surface area contributed by atoms with E-state index >= 15 is 0 Å². The van der Waals surface area contributed by atoms with Crippen LogP contribution in [-0.2, 0) is 26.7 Å². The number of unbranched alkanes of at least 4 members (excludes halogenated alkanes) is 10. The van der Waals surface area contributed by atoms with E-state index in [1.54, 1.807) is 11.1 Å².